The van der Waals surface area contributed by atoms with Crippen LogP contribution in [0.5, 0.6) is 0 Å². The average Bonchev–Trinajstić information content (AvgIpc) is 3.30. The number of nitrogens with one attached hydrogen (secondary N) is 1. The topological polar surface area (TPSA) is 179 Å². The van der Waals surface area contributed by atoms with E-state index in [1.54, 1.807) is 71.4 Å². The SMILES string of the molecule is N=C(N)c1ccc(C(O)c2nc3cc(N(c4cccc5cccnc45)S(=O)O)ccc3n2CCCC(=O)O)cc1. The molecule has 40 heavy (non-hydrogen) atoms. The van der Waals surface area contributed by atoms with Crippen molar-refractivity contribution in [3.05, 3.63) is 95.9 Å². The lowest BCUT2D eigenvalue weighted by Gasteiger charge is -2.21. The maximum absolute atomic E-state index is 12.6. The third kappa shape index (κ3) is 5.27. The maximum Gasteiger partial charge on any atom is 0.303 e. The molecule has 2 heterocycles. The number of nitrogens with zero attached hydrogens (tertiary/aromatic N) is 4. The van der Waals surface area contributed by atoms with Crippen LogP contribution in [0, 0.1) is 5.41 Å². The number of pyridine rings is 1. The van der Waals surface area contributed by atoms with E-state index >= 15 is 0 Å². The first-order chi connectivity index (χ1) is 19.2. The number of para-hydroxylation sites is 1. The molecule has 2 unspecified atom stereocenters. The molecule has 0 spiro atoms. The molecule has 0 saturated carbocycles. The number of carbonyl (C=O) groups is 1. The summed E-state index contributed by atoms with van der Waals surface area (Å²) < 4.78 is 25.9. The molecule has 204 valence electrons. The van der Waals surface area contributed by atoms with Gasteiger partial charge in [-0.15, -0.1) is 0 Å². The first-order valence-corrected chi connectivity index (χ1v) is 13.4. The Hall–Kier alpha value is -4.65. The van der Waals surface area contributed by atoms with E-state index in [0.717, 1.165) is 5.39 Å². The minimum Gasteiger partial charge on any atom is -0.481 e. The van der Waals surface area contributed by atoms with Crippen molar-refractivity contribution in [2.24, 2.45) is 5.73 Å². The lowest BCUT2D eigenvalue weighted by Crippen LogP contribution is -2.19. The van der Waals surface area contributed by atoms with Crippen molar-refractivity contribution in [3.8, 4) is 0 Å². The van der Waals surface area contributed by atoms with E-state index < -0.39 is 23.3 Å². The van der Waals surface area contributed by atoms with Crippen LogP contribution in [0.1, 0.15) is 35.9 Å². The number of imidazole rings is 1. The lowest BCUT2D eigenvalue weighted by molar-refractivity contribution is -0.137. The van der Waals surface area contributed by atoms with Gasteiger partial charge in [0, 0.05) is 30.1 Å². The van der Waals surface area contributed by atoms with Crippen molar-refractivity contribution < 1.29 is 23.8 Å². The Morgan fingerprint density at radius 1 is 1.10 bits per heavy atom. The van der Waals surface area contributed by atoms with E-state index in [0.29, 0.717) is 45.5 Å². The molecule has 0 aliphatic rings. The van der Waals surface area contributed by atoms with Gasteiger partial charge >= 0.3 is 5.97 Å². The number of aliphatic hydroxyl groups is 1. The van der Waals surface area contributed by atoms with Crippen LogP contribution in [0.3, 0.4) is 0 Å². The number of aryl methyl sites for hydroxylation is 1. The summed E-state index contributed by atoms with van der Waals surface area (Å²) in [6.45, 7) is 0.281. The number of aromatic nitrogens is 3. The molecule has 2 aromatic heterocycles. The van der Waals surface area contributed by atoms with Crippen molar-refractivity contribution in [1.82, 2.24) is 14.5 Å². The highest BCUT2D eigenvalue weighted by atomic mass is 32.2. The summed E-state index contributed by atoms with van der Waals surface area (Å²) >= 11 is -2.44. The van der Waals surface area contributed by atoms with Crippen LogP contribution in [-0.2, 0) is 22.6 Å². The highest BCUT2D eigenvalue weighted by molar-refractivity contribution is 7.81. The van der Waals surface area contributed by atoms with Gasteiger partial charge in [-0.2, -0.15) is 0 Å². The van der Waals surface area contributed by atoms with Gasteiger partial charge in [-0.3, -0.25) is 19.7 Å². The fourth-order valence-electron chi connectivity index (χ4n) is 4.65. The van der Waals surface area contributed by atoms with Gasteiger partial charge in [0.1, 0.15) is 17.8 Å². The Balaban J connectivity index is 1.60. The van der Waals surface area contributed by atoms with E-state index in [9.17, 15) is 18.7 Å². The van der Waals surface area contributed by atoms with Crippen LogP contribution < -0.4 is 10.0 Å². The molecule has 6 N–H and O–H groups in total. The Morgan fingerprint density at radius 3 is 2.55 bits per heavy atom. The maximum atomic E-state index is 12.6. The number of nitrogen functional groups attached to an aromatic ring is 1. The molecule has 0 amide bonds. The third-order valence-electron chi connectivity index (χ3n) is 6.54. The Kier molecular flexibility index (Phi) is 7.56. The Morgan fingerprint density at radius 2 is 1.85 bits per heavy atom. The van der Waals surface area contributed by atoms with Crippen molar-refractivity contribution in [3.63, 3.8) is 0 Å². The van der Waals surface area contributed by atoms with E-state index in [1.807, 2.05) is 12.1 Å². The summed E-state index contributed by atoms with van der Waals surface area (Å²) in [5.41, 5.74) is 9.02. The number of hydrogen-bond donors (Lipinski definition) is 5. The number of hydrogen-bond acceptors (Lipinski definition) is 6. The van der Waals surface area contributed by atoms with E-state index in [-0.39, 0.29) is 24.6 Å². The molecular formula is C28H26N6O5S. The predicted molar refractivity (Wildman–Crippen MR) is 153 cm³/mol. The fraction of sp³-hybridized carbons (Fsp3) is 0.143. The molecule has 11 nitrogen and oxygen atoms in total. The van der Waals surface area contributed by atoms with Gasteiger partial charge in [0.15, 0.2) is 0 Å². The van der Waals surface area contributed by atoms with Crippen LogP contribution in [0.15, 0.2) is 79.0 Å². The first kappa shape index (κ1) is 26.9. The molecule has 0 fully saturated rings. The number of aliphatic hydroxyl groups excluding tert-OH is 1. The van der Waals surface area contributed by atoms with Gasteiger partial charge in [-0.05, 0) is 42.3 Å². The molecule has 0 radical (unpaired) electrons. The number of rotatable bonds is 10. The highest BCUT2D eigenvalue weighted by Crippen LogP contribution is 2.35. The summed E-state index contributed by atoms with van der Waals surface area (Å²) in [5, 5.41) is 28.8. The summed E-state index contributed by atoms with van der Waals surface area (Å²) in [7, 11) is 0. The second kappa shape index (κ2) is 11.2. The van der Waals surface area contributed by atoms with Crippen LogP contribution in [0.4, 0.5) is 11.4 Å². The zero-order valence-corrected chi connectivity index (χ0v) is 22.0. The second-order valence-corrected chi connectivity index (χ2v) is 9.93. The van der Waals surface area contributed by atoms with Crippen molar-refractivity contribution in [2.45, 2.75) is 25.5 Å². The summed E-state index contributed by atoms with van der Waals surface area (Å²) in [5.74, 6) is -0.739. The molecule has 0 bridgehead atoms. The monoisotopic (exact) mass is 558 g/mol. The van der Waals surface area contributed by atoms with Crippen molar-refractivity contribution in [2.75, 3.05) is 4.31 Å². The first-order valence-electron chi connectivity index (χ1n) is 12.3. The molecule has 5 rings (SSSR count). The smallest absolute Gasteiger partial charge is 0.303 e. The van der Waals surface area contributed by atoms with Crippen LogP contribution in [-0.4, -0.2) is 45.3 Å². The minimum atomic E-state index is -2.44. The third-order valence-corrected chi connectivity index (χ3v) is 7.26. The van der Waals surface area contributed by atoms with Crippen LogP contribution in [0.25, 0.3) is 21.9 Å². The highest BCUT2D eigenvalue weighted by Gasteiger charge is 2.23. The Bertz CT molecular complexity index is 1750. The zero-order valence-electron chi connectivity index (χ0n) is 21.1. The van der Waals surface area contributed by atoms with Gasteiger partial charge in [0.05, 0.1) is 27.9 Å². The van der Waals surface area contributed by atoms with Crippen LogP contribution in [0.2, 0.25) is 0 Å². The van der Waals surface area contributed by atoms with E-state index in [2.05, 4.69) is 9.97 Å². The summed E-state index contributed by atoms with van der Waals surface area (Å²) in [6.07, 6.45) is 0.696. The molecule has 0 saturated heterocycles. The van der Waals surface area contributed by atoms with Crippen molar-refractivity contribution >= 4 is 56.4 Å². The molecule has 5 aromatic rings. The molecule has 3 aromatic carbocycles. The van der Waals surface area contributed by atoms with Gasteiger partial charge in [0.2, 0.25) is 0 Å². The number of anilines is 2. The van der Waals surface area contributed by atoms with Gasteiger partial charge in [-0.1, -0.05) is 42.5 Å². The molecule has 0 aliphatic heterocycles. The fourth-order valence-corrected chi connectivity index (χ4v) is 5.26. The summed E-state index contributed by atoms with van der Waals surface area (Å²) in [4.78, 5) is 20.2. The normalized spacial score (nSPS) is 12.8. The van der Waals surface area contributed by atoms with Gasteiger partial charge in [-0.25, -0.2) is 13.5 Å². The van der Waals surface area contributed by atoms with E-state index in [4.69, 9.17) is 16.2 Å². The summed E-state index contributed by atoms with van der Waals surface area (Å²) in [6, 6.07) is 20.6. The number of amidine groups is 1. The number of benzene rings is 3. The largest absolute Gasteiger partial charge is 0.481 e. The number of fused-ring (bicyclic) bond motifs is 2. The quantitative estimate of drug-likeness (QED) is 0.0966. The lowest BCUT2D eigenvalue weighted by atomic mass is 10.1. The van der Waals surface area contributed by atoms with E-state index in [1.165, 1.54) is 4.31 Å². The predicted octanol–water partition coefficient (Wildman–Crippen LogP) is 4.09. The number of carboxylic acids is 1. The average molecular weight is 559 g/mol. The van der Waals surface area contributed by atoms with Gasteiger partial charge < -0.3 is 20.5 Å². The number of nitrogens with two attached hydrogens (primary N) is 1. The number of aliphatic carboxylic acids is 1. The minimum absolute atomic E-state index is 0.0635. The standard InChI is InChI=1S/C28H26N6O5S/c29-27(30)19-10-8-18(9-11-19)26(37)28-32-21-16-20(12-13-22(21)33(28)15-3-7-24(35)36)34(40(38)39)23-6-1-4-17-5-2-14-31-25(17)23/h1-2,4-6,8-14,16,26,37H,3,7,15H2,(H3,29,30)(H,35,36)(H,38,39). The molecule has 2 atom stereocenters. The molecule has 12 heteroatoms. The van der Waals surface area contributed by atoms with Crippen LogP contribution >= 0.6 is 0 Å². The molecule has 0 aliphatic carbocycles. The Labute approximate surface area is 231 Å². The zero-order chi connectivity index (χ0) is 28.4. The van der Waals surface area contributed by atoms with Crippen molar-refractivity contribution in [1.29, 1.82) is 5.41 Å². The number of carboxylic acid groups (broad SMARTS) is 1. The second-order valence-electron chi connectivity index (χ2n) is 9.11. The van der Waals surface area contributed by atoms with Gasteiger partial charge in [0.25, 0.3) is 11.3 Å². The molecular weight excluding hydrogens is 532 g/mol.